The lowest BCUT2D eigenvalue weighted by Crippen LogP contribution is -2.30. The number of nitrogens with zero attached hydrogens (tertiary/aromatic N) is 1. The van der Waals surface area contributed by atoms with Crippen LogP contribution in [0.3, 0.4) is 0 Å². The Morgan fingerprint density at radius 3 is 2.68 bits per heavy atom. The fourth-order valence-corrected chi connectivity index (χ4v) is 2.25. The first kappa shape index (κ1) is 11.8. The summed E-state index contributed by atoms with van der Waals surface area (Å²) < 4.78 is 0. The summed E-state index contributed by atoms with van der Waals surface area (Å²) in [5.74, 6) is 0.325. The maximum Gasteiger partial charge on any atom is 0.271 e. The topological polar surface area (TPSA) is 83.8 Å². The van der Waals surface area contributed by atoms with Gasteiger partial charge >= 0.3 is 0 Å². The van der Waals surface area contributed by atoms with E-state index in [1.165, 1.54) is 6.20 Å². The van der Waals surface area contributed by atoms with Crippen LogP contribution in [0.5, 0.6) is 0 Å². The monoisotopic (exact) mass is 256 g/mol. The number of nitrogens with two attached hydrogens (primary N) is 1. The lowest BCUT2D eigenvalue weighted by atomic mass is 10.0. The van der Waals surface area contributed by atoms with Crippen LogP contribution in [0.25, 0.3) is 0 Å². The SMILES string of the molecule is Nc1cn[nH]c1C(=O)NC(c1ccccc1)C1CC1. The molecule has 1 aliphatic rings. The lowest BCUT2D eigenvalue weighted by Gasteiger charge is -2.18. The van der Waals surface area contributed by atoms with Crippen molar-refractivity contribution in [3.63, 3.8) is 0 Å². The number of amides is 1. The van der Waals surface area contributed by atoms with E-state index in [2.05, 4.69) is 15.5 Å². The minimum Gasteiger partial charge on any atom is -0.396 e. The highest BCUT2D eigenvalue weighted by atomic mass is 16.2. The Bertz CT molecular complexity index is 574. The molecule has 2 aromatic rings. The van der Waals surface area contributed by atoms with Gasteiger partial charge in [-0.1, -0.05) is 30.3 Å². The Hall–Kier alpha value is -2.30. The maximum atomic E-state index is 12.2. The van der Waals surface area contributed by atoms with Crippen molar-refractivity contribution in [2.75, 3.05) is 5.73 Å². The lowest BCUT2D eigenvalue weighted by molar-refractivity contribution is 0.0927. The molecule has 0 radical (unpaired) electrons. The molecule has 0 bridgehead atoms. The number of carbonyl (C=O) groups is 1. The molecule has 0 spiro atoms. The third-order valence-corrected chi connectivity index (χ3v) is 3.43. The summed E-state index contributed by atoms with van der Waals surface area (Å²) >= 11 is 0. The number of benzene rings is 1. The molecule has 1 atom stereocenters. The molecule has 1 heterocycles. The molecule has 1 aliphatic carbocycles. The van der Waals surface area contributed by atoms with Crippen LogP contribution < -0.4 is 11.1 Å². The Labute approximate surface area is 111 Å². The minimum atomic E-state index is -0.198. The van der Waals surface area contributed by atoms with Gasteiger partial charge in [0.2, 0.25) is 0 Å². The van der Waals surface area contributed by atoms with Gasteiger partial charge in [0.25, 0.3) is 5.91 Å². The van der Waals surface area contributed by atoms with E-state index in [-0.39, 0.29) is 11.9 Å². The third-order valence-electron chi connectivity index (χ3n) is 3.43. The van der Waals surface area contributed by atoms with Gasteiger partial charge in [0.1, 0.15) is 5.69 Å². The fourth-order valence-electron chi connectivity index (χ4n) is 2.25. The largest absolute Gasteiger partial charge is 0.396 e. The van der Waals surface area contributed by atoms with Crippen molar-refractivity contribution in [2.24, 2.45) is 5.92 Å². The van der Waals surface area contributed by atoms with E-state index in [9.17, 15) is 4.79 Å². The predicted octanol–water partition coefficient (Wildman–Crippen LogP) is 1.87. The molecule has 1 unspecified atom stereocenters. The van der Waals surface area contributed by atoms with Crippen LogP contribution in [-0.2, 0) is 0 Å². The minimum absolute atomic E-state index is 0.0522. The second-order valence-corrected chi connectivity index (χ2v) is 4.90. The first-order chi connectivity index (χ1) is 9.25. The molecule has 0 saturated heterocycles. The van der Waals surface area contributed by atoms with Gasteiger partial charge in [-0.15, -0.1) is 0 Å². The summed E-state index contributed by atoms with van der Waals surface area (Å²) in [6.07, 6.45) is 3.75. The molecule has 19 heavy (non-hydrogen) atoms. The zero-order valence-corrected chi connectivity index (χ0v) is 10.5. The first-order valence-electron chi connectivity index (χ1n) is 6.40. The smallest absolute Gasteiger partial charge is 0.271 e. The first-order valence-corrected chi connectivity index (χ1v) is 6.40. The van der Waals surface area contributed by atoms with Crippen molar-refractivity contribution in [1.82, 2.24) is 15.5 Å². The zero-order chi connectivity index (χ0) is 13.2. The number of nitrogens with one attached hydrogen (secondary N) is 2. The molecule has 5 heteroatoms. The van der Waals surface area contributed by atoms with E-state index in [1.54, 1.807) is 0 Å². The third kappa shape index (κ3) is 2.45. The van der Waals surface area contributed by atoms with E-state index >= 15 is 0 Å². The Balaban J connectivity index is 1.79. The summed E-state index contributed by atoms with van der Waals surface area (Å²) in [6, 6.07) is 10.1. The van der Waals surface area contributed by atoms with E-state index in [1.807, 2.05) is 30.3 Å². The summed E-state index contributed by atoms with van der Waals surface area (Å²) in [7, 11) is 0. The molecule has 1 aromatic heterocycles. The van der Waals surface area contributed by atoms with Gasteiger partial charge < -0.3 is 11.1 Å². The number of H-pyrrole nitrogens is 1. The highest BCUT2D eigenvalue weighted by molar-refractivity contribution is 5.97. The average Bonchev–Trinajstić information content (AvgIpc) is 3.18. The second kappa shape index (κ2) is 4.76. The van der Waals surface area contributed by atoms with Crippen molar-refractivity contribution >= 4 is 11.6 Å². The molecule has 5 nitrogen and oxygen atoms in total. The number of hydrogen-bond acceptors (Lipinski definition) is 3. The molecule has 0 aliphatic heterocycles. The highest BCUT2D eigenvalue weighted by Crippen LogP contribution is 2.41. The number of carbonyl (C=O) groups excluding carboxylic acids is 1. The molecule has 1 amide bonds. The number of hydrogen-bond donors (Lipinski definition) is 3. The Morgan fingerprint density at radius 1 is 1.37 bits per heavy atom. The fraction of sp³-hybridized carbons (Fsp3) is 0.286. The molecular formula is C14H16N4O. The van der Waals surface area contributed by atoms with Gasteiger partial charge in [-0.25, -0.2) is 0 Å². The van der Waals surface area contributed by atoms with Gasteiger partial charge in [-0.3, -0.25) is 9.89 Å². The van der Waals surface area contributed by atoms with Crippen LogP contribution in [0.4, 0.5) is 5.69 Å². The van der Waals surface area contributed by atoms with Crippen molar-refractivity contribution in [2.45, 2.75) is 18.9 Å². The molecule has 1 aromatic carbocycles. The number of anilines is 1. The van der Waals surface area contributed by atoms with Crippen LogP contribution in [-0.4, -0.2) is 16.1 Å². The molecule has 1 fully saturated rings. The van der Waals surface area contributed by atoms with Crippen molar-refractivity contribution in [3.05, 3.63) is 47.8 Å². The summed E-state index contributed by atoms with van der Waals surface area (Å²) in [4.78, 5) is 12.2. The van der Waals surface area contributed by atoms with Gasteiger partial charge in [-0.2, -0.15) is 5.10 Å². The van der Waals surface area contributed by atoms with Crippen molar-refractivity contribution in [1.29, 1.82) is 0 Å². The maximum absolute atomic E-state index is 12.2. The van der Waals surface area contributed by atoms with Crippen LogP contribution in [0.1, 0.15) is 34.9 Å². The molecule has 3 rings (SSSR count). The van der Waals surface area contributed by atoms with E-state index in [4.69, 9.17) is 5.73 Å². The molecule has 4 N–H and O–H groups in total. The van der Waals surface area contributed by atoms with Crippen LogP contribution in [0.2, 0.25) is 0 Å². The number of aromatic amines is 1. The number of aromatic nitrogens is 2. The average molecular weight is 256 g/mol. The molecular weight excluding hydrogens is 240 g/mol. The van der Waals surface area contributed by atoms with E-state index in [0.29, 0.717) is 17.3 Å². The van der Waals surface area contributed by atoms with Crippen LogP contribution >= 0.6 is 0 Å². The van der Waals surface area contributed by atoms with Gasteiger partial charge in [0.05, 0.1) is 17.9 Å². The quantitative estimate of drug-likeness (QED) is 0.780. The van der Waals surface area contributed by atoms with Crippen molar-refractivity contribution in [3.8, 4) is 0 Å². The van der Waals surface area contributed by atoms with Gasteiger partial charge in [0, 0.05) is 0 Å². The molecule has 1 saturated carbocycles. The zero-order valence-electron chi connectivity index (χ0n) is 10.5. The predicted molar refractivity (Wildman–Crippen MR) is 72.4 cm³/mol. The van der Waals surface area contributed by atoms with E-state index < -0.39 is 0 Å². The summed E-state index contributed by atoms with van der Waals surface area (Å²) in [6.45, 7) is 0. The standard InChI is InChI=1S/C14H16N4O/c15-11-8-16-18-13(11)14(19)17-12(10-6-7-10)9-4-2-1-3-5-9/h1-5,8,10,12H,6-7,15H2,(H,16,18)(H,17,19). The van der Waals surface area contributed by atoms with Crippen LogP contribution in [0.15, 0.2) is 36.5 Å². The van der Waals surface area contributed by atoms with Gasteiger partial charge in [0.15, 0.2) is 0 Å². The van der Waals surface area contributed by atoms with E-state index in [0.717, 1.165) is 18.4 Å². The summed E-state index contributed by atoms with van der Waals surface area (Å²) in [5, 5.41) is 9.46. The van der Waals surface area contributed by atoms with Crippen LogP contribution in [0, 0.1) is 5.92 Å². The Morgan fingerprint density at radius 2 is 2.11 bits per heavy atom. The highest BCUT2D eigenvalue weighted by Gasteiger charge is 2.33. The van der Waals surface area contributed by atoms with Crippen molar-refractivity contribution < 1.29 is 4.79 Å². The summed E-state index contributed by atoms with van der Waals surface area (Å²) in [5.41, 5.74) is 7.54. The van der Waals surface area contributed by atoms with Gasteiger partial charge in [-0.05, 0) is 24.3 Å². The second-order valence-electron chi connectivity index (χ2n) is 4.90. The normalized spacial score (nSPS) is 16.0. The molecule has 98 valence electrons. The number of nitrogen functional groups attached to an aromatic ring is 1. The Kier molecular flexibility index (Phi) is 2.95. The number of rotatable bonds is 4.